The van der Waals surface area contributed by atoms with Gasteiger partial charge in [-0.1, -0.05) is 12.1 Å². The zero-order chi connectivity index (χ0) is 15.7. The van der Waals surface area contributed by atoms with E-state index in [9.17, 15) is 4.79 Å². The Morgan fingerprint density at radius 1 is 1.14 bits per heavy atom. The molecule has 0 spiro atoms. The lowest BCUT2D eigenvalue weighted by Gasteiger charge is -2.02. The monoisotopic (exact) mass is 294 g/mol. The maximum absolute atomic E-state index is 11.0. The van der Waals surface area contributed by atoms with Gasteiger partial charge in [0.1, 0.15) is 5.52 Å². The van der Waals surface area contributed by atoms with Crippen LogP contribution in [-0.4, -0.2) is 10.9 Å². The predicted octanol–water partition coefficient (Wildman–Crippen LogP) is 3.99. The first-order valence-corrected chi connectivity index (χ1v) is 7.24. The third-order valence-electron chi connectivity index (χ3n) is 3.68. The summed E-state index contributed by atoms with van der Waals surface area (Å²) in [5, 5.41) is 2.75. The normalized spacial score (nSPS) is 10.9. The van der Waals surface area contributed by atoms with Crippen molar-refractivity contribution in [1.82, 2.24) is 4.98 Å². The molecule has 0 radical (unpaired) electrons. The fourth-order valence-electron chi connectivity index (χ4n) is 2.39. The lowest BCUT2D eigenvalue weighted by molar-refractivity contribution is -0.114. The highest BCUT2D eigenvalue weighted by atomic mass is 16.3. The van der Waals surface area contributed by atoms with Gasteiger partial charge in [0.05, 0.1) is 0 Å². The Hall–Kier alpha value is -2.62. The number of anilines is 1. The Balaban J connectivity index is 1.82. The first-order chi connectivity index (χ1) is 10.5. The highest BCUT2D eigenvalue weighted by molar-refractivity contribution is 5.88. The number of carbonyl (C=O) groups excluding carboxylic acids is 1. The number of rotatable bonds is 3. The van der Waals surface area contributed by atoms with Gasteiger partial charge in [-0.05, 0) is 54.8 Å². The van der Waals surface area contributed by atoms with Gasteiger partial charge >= 0.3 is 0 Å². The van der Waals surface area contributed by atoms with E-state index in [4.69, 9.17) is 4.42 Å². The molecule has 0 aliphatic carbocycles. The zero-order valence-electron chi connectivity index (χ0n) is 12.9. The number of aromatic nitrogens is 1. The van der Waals surface area contributed by atoms with Gasteiger partial charge in [-0.3, -0.25) is 4.79 Å². The van der Waals surface area contributed by atoms with Crippen molar-refractivity contribution < 1.29 is 9.21 Å². The van der Waals surface area contributed by atoms with Gasteiger partial charge in [-0.25, -0.2) is 4.98 Å². The first-order valence-electron chi connectivity index (χ1n) is 7.24. The summed E-state index contributed by atoms with van der Waals surface area (Å²) in [6.07, 6.45) is 0.632. The van der Waals surface area contributed by atoms with Crippen LogP contribution in [0.25, 0.3) is 11.1 Å². The summed E-state index contributed by atoms with van der Waals surface area (Å²) < 4.78 is 5.82. The second-order valence-corrected chi connectivity index (χ2v) is 5.57. The fraction of sp³-hybridized carbons (Fsp3) is 0.222. The van der Waals surface area contributed by atoms with E-state index in [1.54, 1.807) is 0 Å². The van der Waals surface area contributed by atoms with Crippen LogP contribution >= 0.6 is 0 Å². The van der Waals surface area contributed by atoms with Crippen molar-refractivity contribution in [2.45, 2.75) is 27.2 Å². The van der Waals surface area contributed by atoms with Gasteiger partial charge in [0, 0.05) is 19.0 Å². The van der Waals surface area contributed by atoms with Crippen LogP contribution in [0.3, 0.4) is 0 Å². The Kier molecular flexibility index (Phi) is 3.67. The van der Waals surface area contributed by atoms with Crippen LogP contribution in [0.4, 0.5) is 5.69 Å². The molecular weight excluding hydrogens is 276 g/mol. The van der Waals surface area contributed by atoms with Crippen LogP contribution in [0.1, 0.15) is 29.5 Å². The van der Waals surface area contributed by atoms with E-state index >= 15 is 0 Å². The largest absolute Gasteiger partial charge is 0.440 e. The van der Waals surface area contributed by atoms with Crippen molar-refractivity contribution in [1.29, 1.82) is 0 Å². The summed E-state index contributed by atoms with van der Waals surface area (Å²) in [6.45, 7) is 5.64. The number of aryl methyl sites for hydroxylation is 2. The molecule has 1 heterocycles. The molecule has 4 heteroatoms. The highest BCUT2D eigenvalue weighted by Crippen LogP contribution is 2.22. The molecular formula is C18H18N2O2. The van der Waals surface area contributed by atoms with Crippen molar-refractivity contribution in [2.75, 3.05) is 5.32 Å². The molecule has 0 aliphatic rings. The van der Waals surface area contributed by atoms with Crippen molar-refractivity contribution in [3.8, 4) is 0 Å². The minimum atomic E-state index is -0.0718. The molecule has 3 aromatic rings. The topological polar surface area (TPSA) is 55.1 Å². The van der Waals surface area contributed by atoms with E-state index < -0.39 is 0 Å². The van der Waals surface area contributed by atoms with Crippen molar-refractivity contribution in [3.63, 3.8) is 0 Å². The summed E-state index contributed by atoms with van der Waals surface area (Å²) in [5.41, 5.74) is 6.02. The summed E-state index contributed by atoms with van der Waals surface area (Å²) in [5.74, 6) is 0.629. The highest BCUT2D eigenvalue weighted by Gasteiger charge is 2.08. The molecule has 0 unspecified atom stereocenters. The van der Waals surface area contributed by atoms with Crippen molar-refractivity contribution in [3.05, 3.63) is 59.0 Å². The van der Waals surface area contributed by atoms with Crippen LogP contribution in [0, 0.1) is 13.8 Å². The summed E-state index contributed by atoms with van der Waals surface area (Å²) in [7, 11) is 0. The molecule has 22 heavy (non-hydrogen) atoms. The third kappa shape index (κ3) is 3.01. The Morgan fingerprint density at radius 3 is 2.50 bits per heavy atom. The molecule has 0 saturated carbocycles. The Labute approximate surface area is 129 Å². The fourth-order valence-corrected chi connectivity index (χ4v) is 2.39. The van der Waals surface area contributed by atoms with Crippen LogP contribution < -0.4 is 5.32 Å². The second kappa shape index (κ2) is 5.64. The molecule has 4 nitrogen and oxygen atoms in total. The van der Waals surface area contributed by atoms with Gasteiger partial charge < -0.3 is 9.73 Å². The van der Waals surface area contributed by atoms with E-state index in [0.29, 0.717) is 12.3 Å². The Bertz CT molecular complexity index is 793. The number of oxazole rings is 1. The van der Waals surface area contributed by atoms with E-state index in [2.05, 4.69) is 30.2 Å². The maximum Gasteiger partial charge on any atom is 0.221 e. The number of amides is 1. The average Bonchev–Trinajstić information content (AvgIpc) is 2.82. The second-order valence-electron chi connectivity index (χ2n) is 5.57. The van der Waals surface area contributed by atoms with Crippen molar-refractivity contribution in [2.24, 2.45) is 0 Å². The number of nitrogens with zero attached hydrogens (tertiary/aromatic N) is 1. The third-order valence-corrected chi connectivity index (χ3v) is 3.68. The van der Waals surface area contributed by atoms with E-state index in [1.165, 1.54) is 18.1 Å². The van der Waals surface area contributed by atoms with E-state index in [0.717, 1.165) is 22.4 Å². The molecule has 3 rings (SSSR count). The van der Waals surface area contributed by atoms with Gasteiger partial charge in [0.25, 0.3) is 0 Å². The van der Waals surface area contributed by atoms with Crippen LogP contribution in [0.2, 0.25) is 0 Å². The first kappa shape index (κ1) is 14.3. The van der Waals surface area contributed by atoms with Crippen LogP contribution in [0.5, 0.6) is 0 Å². The molecule has 2 aromatic carbocycles. The molecule has 112 valence electrons. The molecule has 1 aromatic heterocycles. The van der Waals surface area contributed by atoms with Crippen LogP contribution in [0.15, 0.2) is 40.8 Å². The summed E-state index contributed by atoms with van der Waals surface area (Å²) >= 11 is 0. The van der Waals surface area contributed by atoms with E-state index in [-0.39, 0.29) is 5.91 Å². The molecule has 0 atom stereocenters. The summed E-state index contributed by atoms with van der Waals surface area (Å²) in [6, 6.07) is 11.8. The number of hydrogen-bond acceptors (Lipinski definition) is 3. The van der Waals surface area contributed by atoms with E-state index in [1.807, 2.05) is 30.3 Å². The number of hydrogen-bond donors (Lipinski definition) is 1. The molecule has 0 fully saturated rings. The minimum absolute atomic E-state index is 0.0718. The van der Waals surface area contributed by atoms with Crippen molar-refractivity contribution >= 4 is 22.7 Å². The minimum Gasteiger partial charge on any atom is -0.440 e. The molecule has 0 saturated heterocycles. The molecule has 0 bridgehead atoms. The maximum atomic E-state index is 11.0. The smallest absolute Gasteiger partial charge is 0.221 e. The molecule has 0 aliphatic heterocycles. The number of nitrogens with one attached hydrogen (secondary N) is 1. The zero-order valence-corrected chi connectivity index (χ0v) is 12.9. The van der Waals surface area contributed by atoms with Gasteiger partial charge in [0.2, 0.25) is 5.91 Å². The molecule has 1 amide bonds. The Morgan fingerprint density at radius 2 is 1.82 bits per heavy atom. The SMILES string of the molecule is CC(=O)Nc1ccc(Cc2nc3cc(C)c(C)cc3o2)cc1. The van der Waals surface area contributed by atoms with Crippen LogP contribution in [-0.2, 0) is 11.2 Å². The van der Waals surface area contributed by atoms with Gasteiger partial charge in [0.15, 0.2) is 11.5 Å². The number of carbonyl (C=O) groups is 1. The summed E-state index contributed by atoms with van der Waals surface area (Å²) in [4.78, 5) is 15.6. The lowest BCUT2D eigenvalue weighted by Crippen LogP contribution is -2.05. The lowest BCUT2D eigenvalue weighted by atomic mass is 10.1. The number of fused-ring (bicyclic) bond motifs is 1. The number of benzene rings is 2. The van der Waals surface area contributed by atoms with Gasteiger partial charge in [-0.2, -0.15) is 0 Å². The predicted molar refractivity (Wildman–Crippen MR) is 87.0 cm³/mol. The average molecular weight is 294 g/mol. The van der Waals surface area contributed by atoms with Gasteiger partial charge in [-0.15, -0.1) is 0 Å². The standard InChI is InChI=1S/C18H18N2O2/c1-11-8-16-17(9-12(11)2)22-18(20-16)10-14-4-6-15(7-5-14)19-13(3)21/h4-9H,10H2,1-3H3,(H,19,21). The molecule has 1 N–H and O–H groups in total. The quantitative estimate of drug-likeness (QED) is 0.794.